The number of rotatable bonds is 1. The van der Waals surface area contributed by atoms with Crippen molar-refractivity contribution in [3.05, 3.63) is 52.6 Å². The van der Waals surface area contributed by atoms with E-state index in [1.165, 1.54) is 37.4 Å². The van der Waals surface area contributed by atoms with Gasteiger partial charge >= 0.3 is 0 Å². The number of aromatic hydroxyl groups is 2. The van der Waals surface area contributed by atoms with Crippen LogP contribution in [0.4, 0.5) is 0 Å². The second-order valence-electron chi connectivity index (χ2n) is 4.46. The summed E-state index contributed by atoms with van der Waals surface area (Å²) in [5, 5.41) is 19.4. The Hall–Kier alpha value is -2.82. The number of ketones is 2. The first kappa shape index (κ1) is 12.2. The number of fused-ring (bicyclic) bond motifs is 2. The van der Waals surface area contributed by atoms with E-state index in [-0.39, 0.29) is 39.5 Å². The Labute approximate surface area is 114 Å². The van der Waals surface area contributed by atoms with E-state index in [0.717, 1.165) is 0 Å². The molecule has 0 radical (unpaired) electrons. The van der Waals surface area contributed by atoms with Crippen molar-refractivity contribution in [2.45, 2.75) is 0 Å². The van der Waals surface area contributed by atoms with E-state index in [0.29, 0.717) is 0 Å². The summed E-state index contributed by atoms with van der Waals surface area (Å²) in [7, 11) is 1.40. The largest absolute Gasteiger partial charge is 0.508 e. The molecule has 0 spiro atoms. The first-order valence-corrected chi connectivity index (χ1v) is 5.86. The monoisotopic (exact) mass is 270 g/mol. The zero-order valence-corrected chi connectivity index (χ0v) is 10.5. The highest BCUT2D eigenvalue weighted by Gasteiger charge is 2.32. The first-order valence-electron chi connectivity index (χ1n) is 5.86. The van der Waals surface area contributed by atoms with Gasteiger partial charge in [-0.1, -0.05) is 0 Å². The van der Waals surface area contributed by atoms with Gasteiger partial charge in [0, 0.05) is 22.8 Å². The van der Waals surface area contributed by atoms with Crippen LogP contribution >= 0.6 is 0 Å². The van der Waals surface area contributed by atoms with Crippen LogP contribution in [0.1, 0.15) is 31.8 Å². The van der Waals surface area contributed by atoms with Crippen LogP contribution in [-0.2, 0) is 0 Å². The zero-order chi connectivity index (χ0) is 14.4. The maximum Gasteiger partial charge on any atom is 0.198 e. The average Bonchev–Trinajstić information content (AvgIpc) is 2.43. The lowest BCUT2D eigenvalue weighted by molar-refractivity contribution is 0.0976. The maximum absolute atomic E-state index is 12.4. The van der Waals surface area contributed by atoms with E-state index in [1.54, 1.807) is 0 Å². The van der Waals surface area contributed by atoms with Gasteiger partial charge in [-0.2, -0.15) is 0 Å². The van der Waals surface area contributed by atoms with Gasteiger partial charge < -0.3 is 14.9 Å². The molecule has 100 valence electrons. The van der Waals surface area contributed by atoms with Gasteiger partial charge in [-0.15, -0.1) is 0 Å². The molecule has 0 saturated heterocycles. The molecule has 0 amide bonds. The molecule has 0 unspecified atom stereocenters. The number of phenolic OH excluding ortho intramolecular Hbond substituents is 2. The van der Waals surface area contributed by atoms with Gasteiger partial charge in [0.2, 0.25) is 0 Å². The number of hydrogen-bond acceptors (Lipinski definition) is 5. The lowest BCUT2D eigenvalue weighted by Crippen LogP contribution is -2.21. The molecule has 2 N–H and O–H groups in total. The highest BCUT2D eigenvalue weighted by Crippen LogP contribution is 2.36. The normalized spacial score (nSPS) is 12.8. The molecule has 1 aliphatic rings. The van der Waals surface area contributed by atoms with Crippen molar-refractivity contribution < 1.29 is 24.5 Å². The summed E-state index contributed by atoms with van der Waals surface area (Å²) < 4.78 is 4.98. The van der Waals surface area contributed by atoms with Crippen molar-refractivity contribution in [1.82, 2.24) is 0 Å². The van der Waals surface area contributed by atoms with Crippen LogP contribution in [0.2, 0.25) is 0 Å². The fourth-order valence-electron chi connectivity index (χ4n) is 2.33. The van der Waals surface area contributed by atoms with Crippen LogP contribution in [0.3, 0.4) is 0 Å². The fourth-order valence-corrected chi connectivity index (χ4v) is 2.33. The topological polar surface area (TPSA) is 83.8 Å². The number of hydrogen-bond donors (Lipinski definition) is 2. The van der Waals surface area contributed by atoms with Gasteiger partial charge in [0.15, 0.2) is 11.6 Å². The molecule has 0 atom stereocenters. The van der Waals surface area contributed by atoms with E-state index in [4.69, 9.17) is 4.74 Å². The lowest BCUT2D eigenvalue weighted by Gasteiger charge is -2.19. The minimum atomic E-state index is -0.449. The third-order valence-electron chi connectivity index (χ3n) is 3.29. The minimum Gasteiger partial charge on any atom is -0.508 e. The van der Waals surface area contributed by atoms with Crippen molar-refractivity contribution in [3.8, 4) is 17.2 Å². The summed E-state index contributed by atoms with van der Waals surface area (Å²) in [6.45, 7) is 0. The van der Waals surface area contributed by atoms with Crippen LogP contribution in [-0.4, -0.2) is 28.9 Å². The minimum absolute atomic E-state index is 0.0333. The molecule has 5 nitrogen and oxygen atoms in total. The summed E-state index contributed by atoms with van der Waals surface area (Å²) >= 11 is 0. The van der Waals surface area contributed by atoms with Gasteiger partial charge in [0.1, 0.15) is 17.2 Å². The zero-order valence-electron chi connectivity index (χ0n) is 10.5. The van der Waals surface area contributed by atoms with Crippen molar-refractivity contribution in [3.63, 3.8) is 0 Å². The molecule has 0 heterocycles. The van der Waals surface area contributed by atoms with Crippen LogP contribution in [0.15, 0.2) is 30.3 Å². The fraction of sp³-hybridized carbons (Fsp3) is 0.0667. The third kappa shape index (κ3) is 1.56. The van der Waals surface area contributed by atoms with Gasteiger partial charge in [0.25, 0.3) is 0 Å². The Morgan fingerprint density at radius 2 is 1.65 bits per heavy atom. The summed E-state index contributed by atoms with van der Waals surface area (Å²) in [5.41, 5.74) is 0.329. The molecular weight excluding hydrogens is 260 g/mol. The Kier molecular flexibility index (Phi) is 2.50. The van der Waals surface area contributed by atoms with Gasteiger partial charge in [-0.05, 0) is 24.3 Å². The molecule has 0 saturated carbocycles. The van der Waals surface area contributed by atoms with E-state index >= 15 is 0 Å². The molecule has 0 fully saturated rings. The highest BCUT2D eigenvalue weighted by atomic mass is 16.5. The van der Waals surface area contributed by atoms with Crippen molar-refractivity contribution in [2.24, 2.45) is 0 Å². The second-order valence-corrected chi connectivity index (χ2v) is 4.46. The smallest absolute Gasteiger partial charge is 0.198 e. The average molecular weight is 270 g/mol. The Morgan fingerprint density at radius 3 is 2.35 bits per heavy atom. The van der Waals surface area contributed by atoms with Crippen molar-refractivity contribution in [2.75, 3.05) is 7.11 Å². The SMILES string of the molecule is COc1cc(O)c2c(c1)C(=O)c1cc(O)ccc1C2=O. The van der Waals surface area contributed by atoms with E-state index in [9.17, 15) is 19.8 Å². The molecule has 0 aliphatic heterocycles. The summed E-state index contributed by atoms with van der Waals surface area (Å²) in [6.07, 6.45) is 0. The molecule has 20 heavy (non-hydrogen) atoms. The number of benzene rings is 2. The molecule has 0 bridgehead atoms. The van der Waals surface area contributed by atoms with Crippen molar-refractivity contribution in [1.29, 1.82) is 0 Å². The van der Waals surface area contributed by atoms with Crippen LogP contribution in [0, 0.1) is 0 Å². The number of methoxy groups -OCH3 is 1. The molecule has 2 aromatic rings. The van der Waals surface area contributed by atoms with Crippen molar-refractivity contribution >= 4 is 11.6 Å². The molecule has 1 aliphatic carbocycles. The van der Waals surface area contributed by atoms with Crippen LogP contribution in [0.25, 0.3) is 0 Å². The number of carbonyl (C=O) groups excluding carboxylic acids is 2. The molecular formula is C15H10O5. The molecule has 5 heteroatoms. The van der Waals surface area contributed by atoms with Gasteiger partial charge in [-0.25, -0.2) is 0 Å². The van der Waals surface area contributed by atoms with Crippen LogP contribution < -0.4 is 4.74 Å². The summed E-state index contributed by atoms with van der Waals surface area (Å²) in [6, 6.07) is 6.64. The molecule has 3 rings (SSSR count). The number of carbonyl (C=O) groups is 2. The summed E-state index contributed by atoms with van der Waals surface area (Å²) in [5.74, 6) is -0.989. The summed E-state index contributed by atoms with van der Waals surface area (Å²) in [4.78, 5) is 24.7. The third-order valence-corrected chi connectivity index (χ3v) is 3.29. The van der Waals surface area contributed by atoms with E-state index < -0.39 is 11.6 Å². The Morgan fingerprint density at radius 1 is 0.900 bits per heavy atom. The first-order chi connectivity index (χ1) is 9.52. The maximum atomic E-state index is 12.4. The highest BCUT2D eigenvalue weighted by molar-refractivity contribution is 6.29. The van der Waals surface area contributed by atoms with Crippen LogP contribution in [0.5, 0.6) is 17.2 Å². The number of ether oxygens (including phenoxy) is 1. The number of phenols is 2. The van der Waals surface area contributed by atoms with E-state index in [1.807, 2.05) is 0 Å². The standard InChI is InChI=1S/C15H10O5/c1-20-8-5-11-13(12(17)6-8)15(19)9-3-2-7(16)4-10(9)14(11)18/h2-6,16-17H,1H3. The predicted octanol–water partition coefficient (Wildman–Crippen LogP) is 1.88. The lowest BCUT2D eigenvalue weighted by atomic mass is 9.83. The molecule has 0 aromatic heterocycles. The Balaban J connectivity index is 2.32. The van der Waals surface area contributed by atoms with Gasteiger partial charge in [0.05, 0.1) is 12.7 Å². The quantitative estimate of drug-likeness (QED) is 0.705. The van der Waals surface area contributed by atoms with E-state index in [2.05, 4.69) is 0 Å². The second kappa shape index (κ2) is 4.09. The molecule has 2 aromatic carbocycles. The Bertz CT molecular complexity index is 761. The van der Waals surface area contributed by atoms with Gasteiger partial charge in [-0.3, -0.25) is 9.59 Å². The predicted molar refractivity (Wildman–Crippen MR) is 69.6 cm³/mol.